The number of hydrogen-bond acceptors (Lipinski definition) is 1. The molecule has 0 fully saturated rings. The molecular weight excluding hydrogens is 277 g/mol. The summed E-state index contributed by atoms with van der Waals surface area (Å²) in [4.78, 5) is 12.4. The van der Waals surface area contributed by atoms with Gasteiger partial charge in [0, 0.05) is 11.8 Å². The predicted octanol–water partition coefficient (Wildman–Crippen LogP) is 4.19. The first-order chi connectivity index (χ1) is 9.82. The highest BCUT2D eigenvalue weighted by molar-refractivity contribution is 5.91. The Morgan fingerprint density at radius 1 is 1.00 bits per heavy atom. The lowest BCUT2D eigenvalue weighted by Gasteiger charge is -2.24. The molecule has 0 heterocycles. The number of carbonyl (C=O) groups excluding carboxylic acids is 1. The molecule has 0 aliphatic carbocycles. The van der Waals surface area contributed by atoms with E-state index in [0.717, 1.165) is 6.07 Å². The normalized spacial score (nSPS) is 11.5. The average Bonchev–Trinajstić information content (AvgIpc) is 2.44. The minimum absolute atomic E-state index is 0.0233. The Kier molecular flexibility index (Phi) is 4.16. The summed E-state index contributed by atoms with van der Waals surface area (Å²) >= 11 is 0. The van der Waals surface area contributed by atoms with Gasteiger partial charge in [0.15, 0.2) is 11.6 Å². The molecule has 0 bridgehead atoms. The summed E-state index contributed by atoms with van der Waals surface area (Å²) in [5.41, 5.74) is -0.257. The average molecular weight is 292 g/mol. The molecule has 110 valence electrons. The summed E-state index contributed by atoms with van der Waals surface area (Å²) in [6, 6.07) is 9.35. The number of halogens is 3. The first-order valence-electron chi connectivity index (χ1n) is 6.54. The van der Waals surface area contributed by atoms with Crippen molar-refractivity contribution in [2.45, 2.75) is 25.7 Å². The van der Waals surface area contributed by atoms with Crippen LogP contribution in [0.1, 0.15) is 25.0 Å². The van der Waals surface area contributed by atoms with Crippen LogP contribution >= 0.6 is 0 Å². The molecule has 0 aliphatic rings. The summed E-state index contributed by atoms with van der Waals surface area (Å²) in [5.74, 6) is -2.63. The van der Waals surface area contributed by atoms with Gasteiger partial charge in [0.2, 0.25) is 0 Å². The maximum Gasteiger partial charge on any atom is 0.162 e. The van der Waals surface area contributed by atoms with Crippen molar-refractivity contribution < 1.29 is 18.0 Å². The van der Waals surface area contributed by atoms with Crippen molar-refractivity contribution in [1.29, 1.82) is 0 Å². The minimum atomic E-state index is -0.999. The van der Waals surface area contributed by atoms with Gasteiger partial charge in [-0.25, -0.2) is 13.2 Å². The van der Waals surface area contributed by atoms with Gasteiger partial charge in [-0.15, -0.1) is 0 Å². The molecule has 0 saturated carbocycles. The van der Waals surface area contributed by atoms with Crippen molar-refractivity contribution in [3.8, 4) is 0 Å². The Labute approximate surface area is 121 Å². The lowest BCUT2D eigenvalue weighted by atomic mass is 9.78. The van der Waals surface area contributed by atoms with E-state index >= 15 is 0 Å². The Balaban J connectivity index is 2.26. The molecule has 0 spiro atoms. The molecule has 0 aliphatic heterocycles. The summed E-state index contributed by atoms with van der Waals surface area (Å²) in [6.45, 7) is 3.36. The second-order valence-electron chi connectivity index (χ2n) is 5.44. The zero-order valence-electron chi connectivity index (χ0n) is 11.8. The molecule has 4 heteroatoms. The van der Waals surface area contributed by atoms with Crippen LogP contribution in [0.2, 0.25) is 0 Å². The van der Waals surface area contributed by atoms with Crippen LogP contribution in [-0.2, 0) is 16.6 Å². The van der Waals surface area contributed by atoms with Gasteiger partial charge in [0.05, 0.1) is 0 Å². The molecule has 0 amide bonds. The van der Waals surface area contributed by atoms with Crippen molar-refractivity contribution >= 4 is 5.78 Å². The third-order valence-electron chi connectivity index (χ3n) is 3.65. The zero-order chi connectivity index (χ0) is 15.6. The molecule has 2 aromatic carbocycles. The summed E-state index contributed by atoms with van der Waals surface area (Å²) < 4.78 is 39.7. The van der Waals surface area contributed by atoms with Gasteiger partial charge >= 0.3 is 0 Å². The molecule has 0 radical (unpaired) electrons. The molecule has 0 saturated heterocycles. The molecule has 0 atom stereocenters. The highest BCUT2D eigenvalue weighted by Crippen LogP contribution is 2.27. The van der Waals surface area contributed by atoms with Gasteiger partial charge in [-0.3, -0.25) is 4.79 Å². The lowest BCUT2D eigenvalue weighted by molar-refractivity contribution is -0.122. The Bertz CT molecular complexity index is 660. The number of hydrogen-bond donors (Lipinski definition) is 0. The maximum absolute atomic E-state index is 13.6. The fourth-order valence-corrected chi connectivity index (χ4v) is 2.11. The van der Waals surface area contributed by atoms with E-state index in [1.807, 2.05) is 0 Å². The lowest BCUT2D eigenvalue weighted by Crippen LogP contribution is -2.30. The molecule has 2 rings (SSSR count). The molecule has 21 heavy (non-hydrogen) atoms. The van der Waals surface area contributed by atoms with Gasteiger partial charge in [-0.05, 0) is 43.2 Å². The van der Waals surface area contributed by atoms with E-state index in [0.29, 0.717) is 5.56 Å². The fraction of sp³-hybridized carbons (Fsp3) is 0.235. The van der Waals surface area contributed by atoms with E-state index < -0.39 is 22.9 Å². The summed E-state index contributed by atoms with van der Waals surface area (Å²) in [7, 11) is 0. The Morgan fingerprint density at radius 3 is 2.24 bits per heavy atom. The van der Waals surface area contributed by atoms with Crippen molar-refractivity contribution in [3.63, 3.8) is 0 Å². The molecule has 1 nitrogen and oxygen atoms in total. The third-order valence-corrected chi connectivity index (χ3v) is 3.65. The number of Topliss-reactive ketones (excluding diaryl/α,β-unsaturated/α-hetero) is 1. The summed E-state index contributed by atoms with van der Waals surface area (Å²) in [5, 5.41) is 0. The van der Waals surface area contributed by atoms with E-state index in [1.54, 1.807) is 13.8 Å². The summed E-state index contributed by atoms with van der Waals surface area (Å²) in [6.07, 6.45) is -0.214. The Hall–Kier alpha value is -2.10. The monoisotopic (exact) mass is 292 g/mol. The van der Waals surface area contributed by atoms with E-state index in [-0.39, 0.29) is 17.8 Å². The SMILES string of the molecule is CC(C)(C(=O)Cc1cccc(F)c1F)c1ccc(F)cc1. The smallest absolute Gasteiger partial charge is 0.162 e. The van der Waals surface area contributed by atoms with Crippen molar-refractivity contribution in [2.75, 3.05) is 0 Å². The molecular formula is C17H15F3O. The van der Waals surface area contributed by atoms with Gasteiger partial charge in [-0.1, -0.05) is 24.3 Å². The van der Waals surface area contributed by atoms with Gasteiger partial charge in [-0.2, -0.15) is 0 Å². The van der Waals surface area contributed by atoms with E-state index in [1.165, 1.54) is 36.4 Å². The highest BCUT2D eigenvalue weighted by Gasteiger charge is 2.30. The number of rotatable bonds is 4. The van der Waals surface area contributed by atoms with Crippen LogP contribution in [0.15, 0.2) is 42.5 Å². The number of carbonyl (C=O) groups is 1. The maximum atomic E-state index is 13.6. The third kappa shape index (κ3) is 3.15. The van der Waals surface area contributed by atoms with E-state index in [2.05, 4.69) is 0 Å². The molecule has 0 N–H and O–H groups in total. The van der Waals surface area contributed by atoms with Crippen LogP contribution in [0.3, 0.4) is 0 Å². The minimum Gasteiger partial charge on any atom is -0.298 e. The van der Waals surface area contributed by atoms with Crippen molar-refractivity contribution in [2.24, 2.45) is 0 Å². The molecule has 2 aromatic rings. The van der Waals surface area contributed by atoms with Crippen LogP contribution in [0.4, 0.5) is 13.2 Å². The standard InChI is InChI=1S/C17H15F3O/c1-17(2,12-6-8-13(18)9-7-12)15(21)10-11-4-3-5-14(19)16(11)20/h3-9H,10H2,1-2H3. The van der Waals surface area contributed by atoms with Gasteiger partial charge in [0.1, 0.15) is 11.6 Å². The van der Waals surface area contributed by atoms with Crippen molar-refractivity contribution in [3.05, 3.63) is 71.0 Å². The van der Waals surface area contributed by atoms with Crippen LogP contribution < -0.4 is 0 Å². The predicted molar refractivity (Wildman–Crippen MR) is 74.5 cm³/mol. The van der Waals surface area contributed by atoms with Crippen LogP contribution in [0.5, 0.6) is 0 Å². The fourth-order valence-electron chi connectivity index (χ4n) is 2.11. The first-order valence-corrected chi connectivity index (χ1v) is 6.54. The largest absolute Gasteiger partial charge is 0.298 e. The quantitative estimate of drug-likeness (QED) is 0.825. The molecule has 0 aromatic heterocycles. The second-order valence-corrected chi connectivity index (χ2v) is 5.44. The van der Waals surface area contributed by atoms with Crippen LogP contribution in [-0.4, -0.2) is 5.78 Å². The van der Waals surface area contributed by atoms with Crippen molar-refractivity contribution in [1.82, 2.24) is 0 Å². The Morgan fingerprint density at radius 2 is 1.62 bits per heavy atom. The topological polar surface area (TPSA) is 17.1 Å². The van der Waals surface area contributed by atoms with E-state index in [9.17, 15) is 18.0 Å². The number of benzene rings is 2. The van der Waals surface area contributed by atoms with Gasteiger partial charge in [0.25, 0.3) is 0 Å². The van der Waals surface area contributed by atoms with Gasteiger partial charge < -0.3 is 0 Å². The molecule has 0 unspecified atom stereocenters. The zero-order valence-corrected chi connectivity index (χ0v) is 11.8. The van der Waals surface area contributed by atoms with E-state index in [4.69, 9.17) is 0 Å². The van der Waals surface area contributed by atoms with Crippen LogP contribution in [0.25, 0.3) is 0 Å². The highest BCUT2D eigenvalue weighted by atomic mass is 19.2. The second kappa shape index (κ2) is 5.72. The number of ketones is 1. The first kappa shape index (κ1) is 15.3. The van der Waals surface area contributed by atoms with Crippen LogP contribution in [0, 0.1) is 17.5 Å².